The zero-order valence-corrected chi connectivity index (χ0v) is 10.9. The average molecular weight is 282 g/mol. The van der Waals surface area contributed by atoms with Gasteiger partial charge in [-0.2, -0.15) is 0 Å². The second-order valence-electron chi connectivity index (χ2n) is 4.52. The number of aromatic nitrogens is 2. The van der Waals surface area contributed by atoms with Gasteiger partial charge in [0.05, 0.1) is 11.3 Å². The maximum Gasteiger partial charge on any atom is 0.337 e. The first-order valence-electron chi connectivity index (χ1n) is 6.28. The van der Waals surface area contributed by atoms with Crippen LogP contribution in [0.5, 0.6) is 0 Å². The van der Waals surface area contributed by atoms with Crippen molar-refractivity contribution in [3.05, 3.63) is 66.2 Å². The van der Waals surface area contributed by atoms with Crippen LogP contribution in [0.15, 0.2) is 54.9 Å². The van der Waals surface area contributed by atoms with Crippen LogP contribution >= 0.6 is 0 Å². The molecule has 2 aromatic heterocycles. The van der Waals surface area contributed by atoms with E-state index in [9.17, 15) is 14.3 Å². The summed E-state index contributed by atoms with van der Waals surface area (Å²) in [6.07, 6.45) is 3.25. The molecule has 21 heavy (non-hydrogen) atoms. The van der Waals surface area contributed by atoms with E-state index >= 15 is 0 Å². The minimum absolute atomic E-state index is 0.104. The van der Waals surface area contributed by atoms with Gasteiger partial charge in [-0.15, -0.1) is 0 Å². The van der Waals surface area contributed by atoms with Crippen molar-refractivity contribution in [3.8, 4) is 22.5 Å². The number of aromatic amines is 1. The number of benzene rings is 1. The highest BCUT2D eigenvalue weighted by atomic mass is 19.1. The summed E-state index contributed by atoms with van der Waals surface area (Å²) in [7, 11) is 0. The van der Waals surface area contributed by atoms with Gasteiger partial charge in [0.15, 0.2) is 0 Å². The lowest BCUT2D eigenvalue weighted by atomic mass is 10.1. The molecule has 3 rings (SSSR count). The summed E-state index contributed by atoms with van der Waals surface area (Å²) in [6.45, 7) is 0. The lowest BCUT2D eigenvalue weighted by molar-refractivity contribution is 0.0698. The second kappa shape index (κ2) is 5.20. The van der Waals surface area contributed by atoms with Crippen molar-refractivity contribution in [1.82, 2.24) is 9.97 Å². The number of carbonyl (C=O) groups is 1. The molecule has 0 amide bonds. The first-order valence-corrected chi connectivity index (χ1v) is 6.28. The van der Waals surface area contributed by atoms with Crippen LogP contribution in [0.1, 0.15) is 10.4 Å². The summed E-state index contributed by atoms with van der Waals surface area (Å²) in [5.74, 6) is -1.48. The van der Waals surface area contributed by atoms with Gasteiger partial charge in [-0.25, -0.2) is 9.18 Å². The molecule has 0 radical (unpaired) electrons. The van der Waals surface area contributed by atoms with Crippen molar-refractivity contribution in [2.45, 2.75) is 0 Å². The molecule has 2 heterocycles. The van der Waals surface area contributed by atoms with E-state index in [2.05, 4.69) is 9.97 Å². The number of pyridine rings is 1. The predicted octanol–water partition coefficient (Wildman–Crippen LogP) is 3.58. The van der Waals surface area contributed by atoms with Gasteiger partial charge in [0, 0.05) is 29.2 Å². The molecule has 0 atom stereocenters. The van der Waals surface area contributed by atoms with Gasteiger partial charge in [-0.3, -0.25) is 4.98 Å². The van der Waals surface area contributed by atoms with Crippen LogP contribution < -0.4 is 0 Å². The predicted molar refractivity (Wildman–Crippen MR) is 76.4 cm³/mol. The lowest BCUT2D eigenvalue weighted by Gasteiger charge is -2.01. The number of aromatic carboxylic acids is 1. The van der Waals surface area contributed by atoms with Crippen molar-refractivity contribution < 1.29 is 14.3 Å². The van der Waals surface area contributed by atoms with Crippen LogP contribution in [-0.4, -0.2) is 21.0 Å². The van der Waals surface area contributed by atoms with Gasteiger partial charge in [-0.1, -0.05) is 12.1 Å². The fraction of sp³-hybridized carbons (Fsp3) is 0. The molecule has 0 aliphatic rings. The van der Waals surface area contributed by atoms with E-state index in [4.69, 9.17) is 0 Å². The number of carboxylic acid groups (broad SMARTS) is 1. The molecule has 0 aliphatic heterocycles. The molecule has 5 heteroatoms. The van der Waals surface area contributed by atoms with E-state index in [1.807, 2.05) is 0 Å². The average Bonchev–Trinajstić information content (AvgIpc) is 2.93. The number of halogens is 1. The van der Waals surface area contributed by atoms with Gasteiger partial charge in [0.1, 0.15) is 5.82 Å². The molecule has 0 aliphatic carbocycles. The topological polar surface area (TPSA) is 66.0 Å². The SMILES string of the molecule is O=C(O)c1cc(-c2ccncc2)[nH]c1-c1cccc(F)c1. The molecular weight excluding hydrogens is 271 g/mol. The Bertz CT molecular complexity index is 797. The third-order valence-electron chi connectivity index (χ3n) is 3.15. The Morgan fingerprint density at radius 3 is 2.52 bits per heavy atom. The van der Waals surface area contributed by atoms with Crippen LogP contribution in [-0.2, 0) is 0 Å². The highest BCUT2D eigenvalue weighted by Gasteiger charge is 2.17. The smallest absolute Gasteiger partial charge is 0.337 e. The number of carboxylic acids is 1. The number of nitrogens with zero attached hydrogens (tertiary/aromatic N) is 1. The Labute approximate surface area is 119 Å². The molecule has 0 saturated heterocycles. The number of hydrogen-bond donors (Lipinski definition) is 2. The van der Waals surface area contributed by atoms with Crippen molar-refractivity contribution in [3.63, 3.8) is 0 Å². The lowest BCUT2D eigenvalue weighted by Crippen LogP contribution is -1.96. The highest BCUT2D eigenvalue weighted by Crippen LogP contribution is 2.29. The summed E-state index contributed by atoms with van der Waals surface area (Å²) in [4.78, 5) is 18.4. The minimum atomic E-state index is -1.06. The monoisotopic (exact) mass is 282 g/mol. The van der Waals surface area contributed by atoms with Crippen LogP contribution in [0.4, 0.5) is 4.39 Å². The van der Waals surface area contributed by atoms with E-state index in [1.165, 1.54) is 18.2 Å². The second-order valence-corrected chi connectivity index (χ2v) is 4.52. The van der Waals surface area contributed by atoms with Gasteiger partial charge in [0.2, 0.25) is 0 Å². The van der Waals surface area contributed by atoms with E-state index in [0.717, 1.165) is 5.56 Å². The normalized spacial score (nSPS) is 10.5. The van der Waals surface area contributed by atoms with Gasteiger partial charge in [-0.05, 0) is 30.3 Å². The summed E-state index contributed by atoms with van der Waals surface area (Å²) >= 11 is 0. The molecular formula is C16H11FN2O2. The summed E-state index contributed by atoms with van der Waals surface area (Å²) < 4.78 is 13.3. The summed E-state index contributed by atoms with van der Waals surface area (Å²) in [5, 5.41) is 9.33. The van der Waals surface area contributed by atoms with Gasteiger partial charge >= 0.3 is 5.97 Å². The zero-order valence-electron chi connectivity index (χ0n) is 10.9. The zero-order chi connectivity index (χ0) is 14.8. The number of hydrogen-bond acceptors (Lipinski definition) is 2. The minimum Gasteiger partial charge on any atom is -0.478 e. The molecule has 0 bridgehead atoms. The largest absolute Gasteiger partial charge is 0.478 e. The van der Waals surface area contributed by atoms with Crippen molar-refractivity contribution >= 4 is 5.97 Å². The van der Waals surface area contributed by atoms with Gasteiger partial charge in [0.25, 0.3) is 0 Å². The first-order chi connectivity index (χ1) is 10.1. The summed E-state index contributed by atoms with van der Waals surface area (Å²) in [5.41, 5.74) is 2.44. The Morgan fingerprint density at radius 2 is 1.86 bits per heavy atom. The molecule has 4 nitrogen and oxygen atoms in total. The Hall–Kier alpha value is -2.95. The maximum atomic E-state index is 13.3. The molecule has 0 unspecified atom stereocenters. The van der Waals surface area contributed by atoms with E-state index < -0.39 is 11.8 Å². The molecule has 0 fully saturated rings. The summed E-state index contributed by atoms with van der Waals surface area (Å²) in [6, 6.07) is 10.9. The Balaban J connectivity index is 2.16. The Kier molecular flexibility index (Phi) is 3.23. The fourth-order valence-electron chi connectivity index (χ4n) is 2.18. The number of rotatable bonds is 3. The number of H-pyrrole nitrogens is 1. The standard InChI is InChI=1S/C16H11FN2O2/c17-12-3-1-2-11(8-12)15-13(16(20)21)9-14(19-15)10-4-6-18-7-5-10/h1-9,19H,(H,20,21). The van der Waals surface area contributed by atoms with Crippen molar-refractivity contribution in [1.29, 1.82) is 0 Å². The van der Waals surface area contributed by atoms with E-state index in [-0.39, 0.29) is 5.56 Å². The first kappa shape index (κ1) is 13.1. The van der Waals surface area contributed by atoms with Crippen LogP contribution in [0.25, 0.3) is 22.5 Å². The van der Waals surface area contributed by atoms with E-state index in [0.29, 0.717) is 17.0 Å². The van der Waals surface area contributed by atoms with E-state index in [1.54, 1.807) is 36.7 Å². The van der Waals surface area contributed by atoms with Crippen LogP contribution in [0.2, 0.25) is 0 Å². The molecule has 2 N–H and O–H groups in total. The third kappa shape index (κ3) is 2.53. The number of nitrogens with one attached hydrogen (secondary N) is 1. The van der Waals surface area contributed by atoms with Crippen molar-refractivity contribution in [2.75, 3.05) is 0 Å². The molecule has 1 aromatic carbocycles. The van der Waals surface area contributed by atoms with Crippen LogP contribution in [0, 0.1) is 5.82 Å². The fourth-order valence-corrected chi connectivity index (χ4v) is 2.18. The van der Waals surface area contributed by atoms with Crippen LogP contribution in [0.3, 0.4) is 0 Å². The van der Waals surface area contributed by atoms with Gasteiger partial charge < -0.3 is 10.1 Å². The molecule has 3 aromatic rings. The Morgan fingerprint density at radius 1 is 1.10 bits per heavy atom. The van der Waals surface area contributed by atoms with Crippen molar-refractivity contribution in [2.24, 2.45) is 0 Å². The maximum absolute atomic E-state index is 13.3. The molecule has 0 spiro atoms. The quantitative estimate of drug-likeness (QED) is 0.771. The highest BCUT2D eigenvalue weighted by molar-refractivity contribution is 5.97. The third-order valence-corrected chi connectivity index (χ3v) is 3.15. The molecule has 104 valence electrons. The molecule has 0 saturated carbocycles.